The molecule has 2 fully saturated rings. The van der Waals surface area contributed by atoms with Crippen molar-refractivity contribution in [2.75, 3.05) is 0 Å². The number of benzene rings is 2. The van der Waals surface area contributed by atoms with Crippen LogP contribution in [0.3, 0.4) is 0 Å². The molecule has 4 rings (SSSR count). The predicted octanol–water partition coefficient (Wildman–Crippen LogP) is 7.55. The van der Waals surface area contributed by atoms with Crippen LogP contribution < -0.4 is 0 Å². The van der Waals surface area contributed by atoms with E-state index in [-0.39, 0.29) is 0 Å². The largest absolute Gasteiger partial charge is 0.507 e. The molecule has 0 atom stereocenters. The van der Waals surface area contributed by atoms with Crippen molar-refractivity contribution in [3.05, 3.63) is 57.6 Å². The smallest absolute Gasteiger partial charge is 0.122 e. The molecule has 0 spiro atoms. The molecular formula is C29H40O2. The minimum atomic E-state index is 0.450. The maximum Gasteiger partial charge on any atom is 0.122 e. The van der Waals surface area contributed by atoms with Crippen LogP contribution in [0.15, 0.2) is 24.3 Å². The average molecular weight is 421 g/mol. The molecule has 0 bridgehead atoms. The lowest BCUT2D eigenvalue weighted by molar-refractivity contribution is 0.350. The van der Waals surface area contributed by atoms with E-state index in [0.717, 1.165) is 35.1 Å². The van der Waals surface area contributed by atoms with Gasteiger partial charge in [0.15, 0.2) is 0 Å². The van der Waals surface area contributed by atoms with E-state index in [1.54, 1.807) is 0 Å². The Hall–Kier alpha value is -1.96. The molecule has 2 heteroatoms. The lowest BCUT2D eigenvalue weighted by atomic mass is 9.83. The zero-order valence-corrected chi connectivity index (χ0v) is 19.6. The summed E-state index contributed by atoms with van der Waals surface area (Å²) >= 11 is 0. The molecule has 2 aliphatic carbocycles. The van der Waals surface area contributed by atoms with Gasteiger partial charge in [0.25, 0.3) is 0 Å². The minimum Gasteiger partial charge on any atom is -0.507 e. The van der Waals surface area contributed by atoms with Crippen LogP contribution in [0.4, 0.5) is 0 Å². The van der Waals surface area contributed by atoms with Crippen molar-refractivity contribution in [1.82, 2.24) is 0 Å². The van der Waals surface area contributed by atoms with Crippen LogP contribution >= 0.6 is 0 Å². The van der Waals surface area contributed by atoms with Crippen LogP contribution in [0.2, 0.25) is 0 Å². The second-order valence-electron chi connectivity index (χ2n) is 10.5. The van der Waals surface area contributed by atoms with Gasteiger partial charge in [0.2, 0.25) is 0 Å². The molecule has 2 aromatic carbocycles. The number of hydrogen-bond donors (Lipinski definition) is 2. The van der Waals surface area contributed by atoms with Crippen molar-refractivity contribution in [3.8, 4) is 11.5 Å². The van der Waals surface area contributed by atoms with Gasteiger partial charge in [-0.2, -0.15) is 0 Å². The van der Waals surface area contributed by atoms with E-state index in [0.29, 0.717) is 29.8 Å². The Kier molecular flexibility index (Phi) is 7.25. The Morgan fingerprint density at radius 3 is 1.32 bits per heavy atom. The van der Waals surface area contributed by atoms with Crippen LogP contribution in [0.5, 0.6) is 11.5 Å². The summed E-state index contributed by atoms with van der Waals surface area (Å²) in [5.41, 5.74) is 6.50. The molecule has 168 valence electrons. The molecular weight excluding hydrogens is 380 g/mol. The maximum atomic E-state index is 11.1. The monoisotopic (exact) mass is 420 g/mol. The minimum absolute atomic E-state index is 0.450. The summed E-state index contributed by atoms with van der Waals surface area (Å²) in [6.45, 7) is 4.25. The predicted molar refractivity (Wildman–Crippen MR) is 129 cm³/mol. The van der Waals surface area contributed by atoms with Crippen molar-refractivity contribution < 1.29 is 10.2 Å². The van der Waals surface area contributed by atoms with Gasteiger partial charge in [-0.05, 0) is 60.8 Å². The van der Waals surface area contributed by atoms with Gasteiger partial charge in [-0.15, -0.1) is 0 Å². The van der Waals surface area contributed by atoms with Gasteiger partial charge in [-0.25, -0.2) is 0 Å². The molecule has 0 radical (unpaired) electrons. The average Bonchev–Trinajstić information content (AvgIpc) is 2.76. The standard InChI is InChI=1S/C29H40O2/c1-20-13-24(17-22-9-5-3-6-10-22)28(30)26(15-20)19-27-16-21(2)14-25(29(27)31)18-23-11-7-4-8-12-23/h13-16,22-23,30-31H,3-12,17-19H2,1-2H3. The number of phenols is 2. The second-order valence-corrected chi connectivity index (χ2v) is 10.5. The van der Waals surface area contributed by atoms with Crippen molar-refractivity contribution >= 4 is 0 Å². The molecule has 0 unspecified atom stereocenters. The Labute approximate surface area is 188 Å². The highest BCUT2D eigenvalue weighted by molar-refractivity contribution is 5.50. The topological polar surface area (TPSA) is 40.5 Å². The van der Waals surface area contributed by atoms with Gasteiger partial charge >= 0.3 is 0 Å². The zero-order chi connectivity index (χ0) is 21.8. The van der Waals surface area contributed by atoms with Crippen LogP contribution in [-0.2, 0) is 19.3 Å². The summed E-state index contributed by atoms with van der Waals surface area (Å²) in [5, 5.41) is 22.2. The highest BCUT2D eigenvalue weighted by atomic mass is 16.3. The summed E-state index contributed by atoms with van der Waals surface area (Å²) in [6.07, 6.45) is 15.7. The van der Waals surface area contributed by atoms with E-state index in [2.05, 4.69) is 38.1 Å². The molecule has 31 heavy (non-hydrogen) atoms. The summed E-state index contributed by atoms with van der Waals surface area (Å²) < 4.78 is 0. The Morgan fingerprint density at radius 2 is 0.935 bits per heavy atom. The number of rotatable bonds is 6. The number of aromatic hydroxyl groups is 2. The quantitative estimate of drug-likeness (QED) is 0.506. The normalized spacial score (nSPS) is 18.4. The molecule has 0 amide bonds. The van der Waals surface area contributed by atoms with E-state index >= 15 is 0 Å². The third-order valence-corrected chi connectivity index (χ3v) is 7.67. The van der Waals surface area contributed by atoms with Crippen molar-refractivity contribution in [3.63, 3.8) is 0 Å². The molecule has 2 nitrogen and oxygen atoms in total. The Morgan fingerprint density at radius 1 is 0.581 bits per heavy atom. The first-order chi connectivity index (χ1) is 15.0. The Balaban J connectivity index is 1.56. The SMILES string of the molecule is Cc1cc(Cc2cc(C)cc(CC3CCCCC3)c2O)c(O)c(CC2CCCCC2)c1. The zero-order valence-electron chi connectivity index (χ0n) is 19.6. The van der Waals surface area contributed by atoms with Crippen molar-refractivity contribution in [1.29, 1.82) is 0 Å². The first kappa shape index (κ1) is 22.2. The van der Waals surface area contributed by atoms with E-state index in [1.165, 1.54) is 75.3 Å². The first-order valence-electron chi connectivity index (χ1n) is 12.6. The Bertz CT molecular complexity index is 813. The van der Waals surface area contributed by atoms with E-state index in [9.17, 15) is 10.2 Å². The van der Waals surface area contributed by atoms with E-state index < -0.39 is 0 Å². The third kappa shape index (κ3) is 5.64. The van der Waals surface area contributed by atoms with Crippen molar-refractivity contribution in [2.45, 2.75) is 97.3 Å². The molecule has 2 saturated carbocycles. The first-order valence-corrected chi connectivity index (χ1v) is 12.6. The second kappa shape index (κ2) is 10.1. The highest BCUT2D eigenvalue weighted by Crippen LogP contribution is 2.37. The number of phenolic OH excluding ortho intramolecular Hbond substituents is 2. The summed E-state index contributed by atoms with van der Waals surface area (Å²) in [6, 6.07) is 8.53. The summed E-state index contributed by atoms with van der Waals surface area (Å²) in [7, 11) is 0. The molecule has 2 N–H and O–H groups in total. The van der Waals surface area contributed by atoms with Crippen LogP contribution in [0.25, 0.3) is 0 Å². The van der Waals surface area contributed by atoms with Gasteiger partial charge in [0.1, 0.15) is 11.5 Å². The van der Waals surface area contributed by atoms with Gasteiger partial charge < -0.3 is 10.2 Å². The van der Waals surface area contributed by atoms with Crippen LogP contribution in [0, 0.1) is 25.7 Å². The number of hydrogen-bond acceptors (Lipinski definition) is 2. The third-order valence-electron chi connectivity index (χ3n) is 7.67. The van der Waals surface area contributed by atoms with Gasteiger partial charge in [-0.1, -0.05) is 99.6 Å². The number of aryl methyl sites for hydroxylation is 2. The van der Waals surface area contributed by atoms with E-state index in [4.69, 9.17) is 0 Å². The van der Waals surface area contributed by atoms with Crippen LogP contribution in [0.1, 0.15) is 97.6 Å². The van der Waals surface area contributed by atoms with Crippen LogP contribution in [-0.4, -0.2) is 10.2 Å². The van der Waals surface area contributed by atoms with E-state index in [1.807, 2.05) is 0 Å². The summed E-state index contributed by atoms with van der Waals surface area (Å²) in [5.74, 6) is 2.30. The van der Waals surface area contributed by atoms with Gasteiger partial charge in [0, 0.05) is 6.42 Å². The fraction of sp³-hybridized carbons (Fsp3) is 0.586. The lowest BCUT2D eigenvalue weighted by Gasteiger charge is -2.23. The lowest BCUT2D eigenvalue weighted by Crippen LogP contribution is -2.10. The fourth-order valence-corrected chi connectivity index (χ4v) is 6.06. The molecule has 0 saturated heterocycles. The fourth-order valence-electron chi connectivity index (χ4n) is 6.06. The molecule has 0 aliphatic heterocycles. The maximum absolute atomic E-state index is 11.1. The molecule has 2 aromatic rings. The molecule has 0 aromatic heterocycles. The summed E-state index contributed by atoms with van der Waals surface area (Å²) in [4.78, 5) is 0. The van der Waals surface area contributed by atoms with Gasteiger partial charge in [-0.3, -0.25) is 0 Å². The molecule has 0 heterocycles. The van der Waals surface area contributed by atoms with Gasteiger partial charge in [0.05, 0.1) is 0 Å². The highest BCUT2D eigenvalue weighted by Gasteiger charge is 2.20. The molecule has 2 aliphatic rings. The van der Waals surface area contributed by atoms with Crippen molar-refractivity contribution in [2.24, 2.45) is 11.8 Å².